The molecule has 0 unspecified atom stereocenters. The lowest BCUT2D eigenvalue weighted by Gasteiger charge is -2.30. The number of carbonyl (C=O) groups excluding carboxylic acids is 1. The standard InChI is InChI=1S/C24H27N3O5S2/c1-3-31-20-8-6-19(7-9-20)25-24(28)18-12-14-27(15-13-18)34(29,30)23-17(2)26-32-22(23)11-10-21-5-4-16-33-21/h4-11,16,18H,3,12-15H2,1-2H3,(H,25,28)/b11-10+. The molecule has 8 nitrogen and oxygen atoms in total. The van der Waals surface area contributed by atoms with Crippen molar-refractivity contribution in [2.45, 2.75) is 31.6 Å². The summed E-state index contributed by atoms with van der Waals surface area (Å²) in [6.45, 7) is 4.62. The molecule has 0 spiro atoms. The maximum absolute atomic E-state index is 13.4. The highest BCUT2D eigenvalue weighted by molar-refractivity contribution is 7.89. The number of benzene rings is 1. The lowest BCUT2D eigenvalue weighted by molar-refractivity contribution is -0.120. The van der Waals surface area contributed by atoms with Crippen molar-refractivity contribution < 1.29 is 22.5 Å². The van der Waals surface area contributed by atoms with Crippen molar-refractivity contribution in [3.63, 3.8) is 0 Å². The molecule has 1 aliphatic rings. The van der Waals surface area contributed by atoms with E-state index in [1.54, 1.807) is 54.7 Å². The molecule has 1 amide bonds. The maximum Gasteiger partial charge on any atom is 0.248 e. The number of nitrogens with zero attached hydrogens (tertiary/aromatic N) is 2. The van der Waals surface area contributed by atoms with E-state index in [0.717, 1.165) is 10.6 Å². The number of amides is 1. The number of aryl methyl sites for hydroxylation is 1. The van der Waals surface area contributed by atoms with Gasteiger partial charge in [-0.05, 0) is 74.6 Å². The number of sulfonamides is 1. The molecule has 4 rings (SSSR count). The molecule has 1 saturated heterocycles. The van der Waals surface area contributed by atoms with Gasteiger partial charge >= 0.3 is 0 Å². The summed E-state index contributed by atoms with van der Waals surface area (Å²) in [7, 11) is -3.81. The first-order chi connectivity index (χ1) is 16.4. The zero-order chi connectivity index (χ0) is 24.1. The average Bonchev–Trinajstić information content (AvgIpc) is 3.49. The van der Waals surface area contributed by atoms with Crippen molar-refractivity contribution in [1.82, 2.24) is 9.46 Å². The van der Waals surface area contributed by atoms with Gasteiger partial charge in [-0.3, -0.25) is 4.79 Å². The van der Waals surface area contributed by atoms with Gasteiger partial charge in [0.1, 0.15) is 11.4 Å². The SMILES string of the molecule is CCOc1ccc(NC(=O)C2CCN(S(=O)(=O)c3c(C)noc3/C=C/c3cccs3)CC2)cc1. The highest BCUT2D eigenvalue weighted by atomic mass is 32.2. The third-order valence-corrected chi connectivity index (χ3v) is 8.53. The number of aromatic nitrogens is 1. The molecule has 1 aromatic carbocycles. The maximum atomic E-state index is 13.4. The minimum Gasteiger partial charge on any atom is -0.494 e. The highest BCUT2D eigenvalue weighted by Gasteiger charge is 2.35. The molecule has 0 bridgehead atoms. The van der Waals surface area contributed by atoms with E-state index in [1.165, 1.54) is 4.31 Å². The zero-order valence-corrected chi connectivity index (χ0v) is 20.7. The first-order valence-corrected chi connectivity index (χ1v) is 13.4. The first kappa shape index (κ1) is 24.2. The Labute approximate surface area is 203 Å². The fourth-order valence-corrected chi connectivity index (χ4v) is 6.21. The second kappa shape index (κ2) is 10.5. The van der Waals surface area contributed by atoms with E-state index in [1.807, 2.05) is 24.4 Å². The van der Waals surface area contributed by atoms with E-state index in [4.69, 9.17) is 9.26 Å². The molecule has 0 saturated carbocycles. The van der Waals surface area contributed by atoms with Crippen molar-refractivity contribution in [3.05, 3.63) is 58.1 Å². The summed E-state index contributed by atoms with van der Waals surface area (Å²) >= 11 is 1.54. The number of nitrogens with one attached hydrogen (secondary N) is 1. The summed E-state index contributed by atoms with van der Waals surface area (Å²) in [5, 5.41) is 8.74. The fourth-order valence-electron chi connectivity index (χ4n) is 3.88. The summed E-state index contributed by atoms with van der Waals surface area (Å²) in [4.78, 5) is 13.8. The molecule has 3 heterocycles. The van der Waals surface area contributed by atoms with Gasteiger partial charge in [-0.1, -0.05) is 11.2 Å². The van der Waals surface area contributed by atoms with Crippen molar-refractivity contribution in [2.75, 3.05) is 25.0 Å². The van der Waals surface area contributed by atoms with Crippen LogP contribution in [0.5, 0.6) is 5.75 Å². The summed E-state index contributed by atoms with van der Waals surface area (Å²) < 4.78 is 38.9. The van der Waals surface area contributed by atoms with Gasteiger partial charge < -0.3 is 14.6 Å². The van der Waals surface area contributed by atoms with Crippen LogP contribution in [0.2, 0.25) is 0 Å². The molecule has 180 valence electrons. The number of carbonyl (C=O) groups is 1. The number of hydrogen-bond donors (Lipinski definition) is 1. The van der Waals surface area contributed by atoms with Gasteiger partial charge in [-0.15, -0.1) is 11.3 Å². The second-order valence-corrected chi connectivity index (χ2v) is 10.8. The molecule has 34 heavy (non-hydrogen) atoms. The van der Waals surface area contributed by atoms with Crippen LogP contribution in [0.25, 0.3) is 12.2 Å². The van der Waals surface area contributed by atoms with Gasteiger partial charge in [0.2, 0.25) is 15.9 Å². The third-order valence-electron chi connectivity index (χ3n) is 5.63. The lowest BCUT2D eigenvalue weighted by atomic mass is 9.97. The van der Waals surface area contributed by atoms with Gasteiger partial charge in [0.05, 0.1) is 6.61 Å². The molecular formula is C24H27N3O5S2. The minimum absolute atomic E-state index is 0.0811. The van der Waals surface area contributed by atoms with E-state index in [-0.39, 0.29) is 35.6 Å². The van der Waals surface area contributed by atoms with Gasteiger partial charge in [0.25, 0.3) is 0 Å². The quantitative estimate of drug-likeness (QED) is 0.482. The van der Waals surface area contributed by atoms with Gasteiger partial charge in [-0.25, -0.2) is 8.42 Å². The lowest BCUT2D eigenvalue weighted by Crippen LogP contribution is -2.41. The van der Waals surface area contributed by atoms with Crippen molar-refractivity contribution >= 4 is 45.1 Å². The molecule has 2 aromatic heterocycles. The van der Waals surface area contributed by atoms with E-state index in [9.17, 15) is 13.2 Å². The van der Waals surface area contributed by atoms with E-state index >= 15 is 0 Å². The highest BCUT2D eigenvalue weighted by Crippen LogP contribution is 2.30. The van der Waals surface area contributed by atoms with Crippen LogP contribution in [0.4, 0.5) is 5.69 Å². The fraction of sp³-hybridized carbons (Fsp3) is 0.333. The van der Waals surface area contributed by atoms with Crippen molar-refractivity contribution in [3.8, 4) is 5.75 Å². The van der Waals surface area contributed by atoms with Crippen molar-refractivity contribution in [1.29, 1.82) is 0 Å². The molecule has 3 aromatic rings. The molecule has 0 radical (unpaired) electrons. The van der Waals surface area contributed by atoms with E-state index in [2.05, 4.69) is 10.5 Å². The Bertz CT molecular complexity index is 1240. The van der Waals surface area contributed by atoms with Gasteiger partial charge in [0, 0.05) is 29.6 Å². The van der Waals surface area contributed by atoms with Crippen molar-refractivity contribution in [2.24, 2.45) is 5.92 Å². The third kappa shape index (κ3) is 5.40. The Kier molecular flexibility index (Phi) is 7.50. The molecule has 10 heteroatoms. The molecular weight excluding hydrogens is 474 g/mol. The largest absolute Gasteiger partial charge is 0.494 e. The number of rotatable bonds is 8. The minimum atomic E-state index is -3.81. The molecule has 0 aliphatic carbocycles. The van der Waals surface area contributed by atoms with E-state index < -0.39 is 10.0 Å². The smallest absolute Gasteiger partial charge is 0.248 e. The summed E-state index contributed by atoms with van der Waals surface area (Å²) in [5.74, 6) is 0.579. The molecule has 0 atom stereocenters. The van der Waals surface area contributed by atoms with Crippen LogP contribution in [-0.4, -0.2) is 43.5 Å². The monoisotopic (exact) mass is 501 g/mol. The molecule has 1 fully saturated rings. The van der Waals surface area contributed by atoms with Crippen LogP contribution in [0.3, 0.4) is 0 Å². The Balaban J connectivity index is 1.40. The van der Waals surface area contributed by atoms with E-state index in [0.29, 0.717) is 30.8 Å². The normalized spacial score (nSPS) is 15.6. The van der Waals surface area contributed by atoms with Crippen LogP contribution >= 0.6 is 11.3 Å². The van der Waals surface area contributed by atoms with Gasteiger partial charge in [-0.2, -0.15) is 4.31 Å². The molecule has 1 aliphatic heterocycles. The number of piperidine rings is 1. The van der Waals surface area contributed by atoms with Crippen LogP contribution in [0, 0.1) is 12.8 Å². The summed E-state index contributed by atoms with van der Waals surface area (Å²) in [6, 6.07) is 11.1. The topological polar surface area (TPSA) is 102 Å². The molecule has 1 N–H and O–H groups in total. The predicted molar refractivity (Wildman–Crippen MR) is 132 cm³/mol. The average molecular weight is 502 g/mol. The van der Waals surface area contributed by atoms with Crippen LogP contribution in [0.1, 0.15) is 36.1 Å². The number of hydrogen-bond acceptors (Lipinski definition) is 7. The predicted octanol–water partition coefficient (Wildman–Crippen LogP) is 4.65. The van der Waals surface area contributed by atoms with Crippen LogP contribution < -0.4 is 10.1 Å². The van der Waals surface area contributed by atoms with Gasteiger partial charge in [0.15, 0.2) is 10.7 Å². The van der Waals surface area contributed by atoms with Crippen LogP contribution in [0.15, 0.2) is 51.2 Å². The summed E-state index contributed by atoms with van der Waals surface area (Å²) in [5.41, 5.74) is 1.01. The summed E-state index contributed by atoms with van der Waals surface area (Å²) in [6.07, 6.45) is 4.32. The number of ether oxygens (including phenoxy) is 1. The number of anilines is 1. The zero-order valence-electron chi connectivity index (χ0n) is 19.1. The Morgan fingerprint density at radius 2 is 1.97 bits per heavy atom. The number of thiophene rings is 1. The van der Waals surface area contributed by atoms with Crippen LogP contribution in [-0.2, 0) is 14.8 Å². The first-order valence-electron chi connectivity index (χ1n) is 11.1. The Morgan fingerprint density at radius 1 is 1.24 bits per heavy atom. The Morgan fingerprint density at radius 3 is 2.62 bits per heavy atom. The second-order valence-electron chi connectivity index (χ2n) is 7.94. The Hall–Kier alpha value is -2.95.